The lowest BCUT2D eigenvalue weighted by Gasteiger charge is -2.45. The number of ether oxygens (including phenoxy) is 2. The van der Waals surface area contributed by atoms with Crippen molar-refractivity contribution in [2.75, 3.05) is 38.2 Å². The monoisotopic (exact) mass is 707 g/mol. The van der Waals surface area contributed by atoms with E-state index in [9.17, 15) is 0 Å². The maximum atomic E-state index is 6.80. The molecule has 2 aliphatic carbocycles. The zero-order valence-electron chi connectivity index (χ0n) is 31.9. The van der Waals surface area contributed by atoms with E-state index >= 15 is 0 Å². The average molecular weight is 708 g/mol. The molecule has 54 heavy (non-hydrogen) atoms. The molecule has 4 nitrogen and oxygen atoms in total. The molecule has 1 heterocycles. The minimum atomic E-state index is -0.658. The van der Waals surface area contributed by atoms with Crippen LogP contribution in [0.2, 0.25) is 0 Å². The van der Waals surface area contributed by atoms with E-state index in [1.807, 2.05) is 0 Å². The molecule has 6 aromatic carbocycles. The standard InChI is InChI=1S/C50H47N2O2/c1-6-51(7-2)38-24-22-33-28-41-45(30-36(33)26-38)50(43-18-12-14-20-47(43)54-48-21-15-13-19-44(48)50)46-31-37-27-39(52(8-3)9-4)25-23-34(37)29-42(46)49(41)40-17-11-10-16-35(40)32-53-5/h10-31H,6-9,32H2,1-5H3/q+1. The minimum absolute atomic E-state index is 0.524. The van der Waals surface area contributed by atoms with Crippen molar-refractivity contribution in [3.63, 3.8) is 0 Å². The summed E-state index contributed by atoms with van der Waals surface area (Å²) in [7, 11) is 1.79. The van der Waals surface area contributed by atoms with Crippen LogP contribution in [0.5, 0.6) is 11.5 Å². The molecular formula is C50H47N2O2+. The van der Waals surface area contributed by atoms with Crippen LogP contribution in [0.15, 0.2) is 121 Å². The molecule has 3 aliphatic rings. The Morgan fingerprint density at radius 1 is 0.648 bits per heavy atom. The molecule has 1 spiro atoms. The zero-order chi connectivity index (χ0) is 37.0. The van der Waals surface area contributed by atoms with Crippen LogP contribution in [0, 0.1) is 0 Å². The van der Waals surface area contributed by atoms with Crippen molar-refractivity contribution in [3.05, 3.63) is 176 Å². The molecule has 0 atom stereocenters. The molecule has 0 amide bonds. The van der Waals surface area contributed by atoms with Gasteiger partial charge in [-0.3, -0.25) is 0 Å². The SMILES string of the molecule is CCN(CC)c1ccc2cc3c(cc2c1)C1(c2ccccc2Oc2ccccc21)c1cc2c(cc1=C3c1ccccc1COC)C=CC(=[N+](CC)CC)C=2. The Kier molecular flexibility index (Phi) is 8.59. The third-order valence-corrected chi connectivity index (χ3v) is 11.9. The molecule has 0 saturated heterocycles. The zero-order valence-corrected chi connectivity index (χ0v) is 31.9. The van der Waals surface area contributed by atoms with Gasteiger partial charge in [-0.1, -0.05) is 66.7 Å². The Morgan fingerprint density at radius 2 is 1.35 bits per heavy atom. The van der Waals surface area contributed by atoms with Crippen LogP contribution in [0.25, 0.3) is 28.5 Å². The summed E-state index contributed by atoms with van der Waals surface area (Å²) in [6.07, 6.45) is 6.98. The summed E-state index contributed by atoms with van der Waals surface area (Å²) in [5.41, 5.74) is 12.8. The first kappa shape index (κ1) is 34.1. The highest BCUT2D eigenvalue weighted by molar-refractivity contribution is 6.17. The van der Waals surface area contributed by atoms with E-state index in [0.29, 0.717) is 6.61 Å². The van der Waals surface area contributed by atoms with Crippen LogP contribution in [-0.4, -0.2) is 43.6 Å². The Labute approximate surface area is 318 Å². The van der Waals surface area contributed by atoms with Crippen LogP contribution in [-0.2, 0) is 16.8 Å². The number of hydrogen-bond donors (Lipinski definition) is 0. The van der Waals surface area contributed by atoms with Crippen molar-refractivity contribution in [2.45, 2.75) is 39.7 Å². The lowest BCUT2D eigenvalue weighted by molar-refractivity contribution is -0.518. The number of rotatable bonds is 8. The fraction of sp³-hybridized carbons (Fsp3) is 0.220. The number of anilines is 1. The van der Waals surface area contributed by atoms with Gasteiger partial charge in [0, 0.05) is 49.2 Å². The molecule has 4 heteroatoms. The highest BCUT2D eigenvalue weighted by Gasteiger charge is 2.49. The van der Waals surface area contributed by atoms with Gasteiger partial charge < -0.3 is 14.4 Å². The third kappa shape index (κ3) is 5.11. The molecule has 1 aliphatic heterocycles. The van der Waals surface area contributed by atoms with Gasteiger partial charge in [0.1, 0.15) is 24.6 Å². The van der Waals surface area contributed by atoms with E-state index in [2.05, 4.69) is 171 Å². The molecule has 0 N–H and O–H groups in total. The smallest absolute Gasteiger partial charge is 0.200 e. The van der Waals surface area contributed by atoms with E-state index < -0.39 is 5.41 Å². The van der Waals surface area contributed by atoms with Crippen LogP contribution < -0.4 is 20.1 Å². The van der Waals surface area contributed by atoms with Gasteiger partial charge in [0.05, 0.1) is 12.0 Å². The third-order valence-electron chi connectivity index (χ3n) is 11.9. The molecule has 0 unspecified atom stereocenters. The quantitative estimate of drug-likeness (QED) is 0.147. The van der Waals surface area contributed by atoms with E-state index in [0.717, 1.165) is 48.8 Å². The minimum Gasteiger partial charge on any atom is -0.457 e. The predicted octanol–water partition coefficient (Wildman–Crippen LogP) is 9.18. The second-order valence-corrected chi connectivity index (χ2v) is 14.5. The number of fused-ring (bicyclic) bond motifs is 10. The molecular weight excluding hydrogens is 661 g/mol. The van der Waals surface area contributed by atoms with Crippen molar-refractivity contribution in [2.24, 2.45) is 0 Å². The van der Waals surface area contributed by atoms with E-state index in [-0.39, 0.29) is 0 Å². The van der Waals surface area contributed by atoms with Crippen molar-refractivity contribution in [3.8, 4) is 11.5 Å². The van der Waals surface area contributed by atoms with Crippen molar-refractivity contribution >= 4 is 39.9 Å². The first-order valence-corrected chi connectivity index (χ1v) is 19.5. The summed E-state index contributed by atoms with van der Waals surface area (Å²) >= 11 is 0. The Hall–Kier alpha value is -5.71. The normalized spacial score (nSPS) is 14.4. The first-order chi connectivity index (χ1) is 26.5. The molecule has 0 saturated carbocycles. The summed E-state index contributed by atoms with van der Waals surface area (Å²) in [6.45, 7) is 13.3. The summed E-state index contributed by atoms with van der Waals surface area (Å²) < 4.78 is 15.1. The fourth-order valence-corrected chi connectivity index (χ4v) is 9.38. The second kappa shape index (κ2) is 13.6. The first-order valence-electron chi connectivity index (χ1n) is 19.5. The Balaban J connectivity index is 1.52. The van der Waals surface area contributed by atoms with Crippen LogP contribution >= 0.6 is 0 Å². The van der Waals surface area contributed by atoms with E-state index in [1.165, 1.54) is 71.6 Å². The number of benzene rings is 6. The van der Waals surface area contributed by atoms with E-state index in [1.54, 1.807) is 7.11 Å². The Morgan fingerprint density at radius 3 is 2.06 bits per heavy atom. The number of para-hydroxylation sites is 2. The van der Waals surface area contributed by atoms with E-state index in [4.69, 9.17) is 9.47 Å². The van der Waals surface area contributed by atoms with Crippen molar-refractivity contribution in [1.82, 2.24) is 0 Å². The molecule has 0 aromatic heterocycles. The van der Waals surface area contributed by atoms with Gasteiger partial charge in [0.2, 0.25) is 0 Å². The van der Waals surface area contributed by atoms with Crippen LogP contribution in [0.1, 0.15) is 72.2 Å². The molecule has 0 bridgehead atoms. The number of hydrogen-bond acceptors (Lipinski definition) is 3. The fourth-order valence-electron chi connectivity index (χ4n) is 9.38. The predicted molar refractivity (Wildman–Crippen MR) is 224 cm³/mol. The lowest BCUT2D eigenvalue weighted by Crippen LogP contribution is -2.44. The molecule has 268 valence electrons. The average Bonchev–Trinajstić information content (AvgIpc) is 3.21. The Bertz CT molecular complexity index is 2610. The van der Waals surface area contributed by atoms with Gasteiger partial charge in [0.15, 0.2) is 5.71 Å². The highest BCUT2D eigenvalue weighted by Crippen LogP contribution is 2.57. The summed E-state index contributed by atoms with van der Waals surface area (Å²) in [5.74, 6) is 1.79. The van der Waals surface area contributed by atoms with Gasteiger partial charge in [-0.25, -0.2) is 4.58 Å². The molecule has 9 rings (SSSR count). The van der Waals surface area contributed by atoms with Crippen LogP contribution in [0.4, 0.5) is 5.69 Å². The van der Waals surface area contributed by atoms with Gasteiger partial charge in [-0.15, -0.1) is 0 Å². The van der Waals surface area contributed by atoms with Crippen molar-refractivity contribution < 1.29 is 14.0 Å². The lowest BCUT2D eigenvalue weighted by atomic mass is 9.58. The molecule has 0 fully saturated rings. The van der Waals surface area contributed by atoms with Crippen molar-refractivity contribution in [1.29, 1.82) is 0 Å². The summed E-state index contributed by atoms with van der Waals surface area (Å²) in [5, 5.41) is 4.93. The number of methoxy groups -OCH3 is 1. The maximum absolute atomic E-state index is 6.80. The number of nitrogens with zero attached hydrogens (tertiary/aromatic N) is 2. The van der Waals surface area contributed by atoms with Gasteiger partial charge >= 0.3 is 0 Å². The van der Waals surface area contributed by atoms with Crippen LogP contribution in [0.3, 0.4) is 0 Å². The van der Waals surface area contributed by atoms with Gasteiger partial charge in [0.25, 0.3) is 0 Å². The second-order valence-electron chi connectivity index (χ2n) is 14.5. The van der Waals surface area contributed by atoms with Gasteiger partial charge in [-0.2, -0.15) is 0 Å². The largest absolute Gasteiger partial charge is 0.457 e. The highest BCUT2D eigenvalue weighted by atomic mass is 16.5. The molecule has 6 aromatic rings. The topological polar surface area (TPSA) is 24.7 Å². The number of allylic oxidation sites excluding steroid dienone is 1. The maximum Gasteiger partial charge on any atom is 0.200 e. The summed E-state index contributed by atoms with van der Waals surface area (Å²) in [6, 6.07) is 43.0. The van der Waals surface area contributed by atoms with Gasteiger partial charge in [-0.05, 0) is 142 Å². The molecule has 0 radical (unpaired) electrons. The summed E-state index contributed by atoms with van der Waals surface area (Å²) in [4.78, 5) is 2.43.